The highest BCUT2D eigenvalue weighted by atomic mass is 35.5. The van der Waals surface area contributed by atoms with Gasteiger partial charge in [0.25, 0.3) is 5.91 Å². The van der Waals surface area contributed by atoms with Crippen LogP contribution in [-0.4, -0.2) is 38.1 Å². The molecule has 0 aliphatic heterocycles. The van der Waals surface area contributed by atoms with Gasteiger partial charge in [0, 0.05) is 25.0 Å². The SMILES string of the molecule is CSc1ncc(Cl)c(C(=O)N(Cc2cccnc2)C2CC2)n1. The number of hydrogen-bond donors (Lipinski definition) is 0. The molecule has 22 heavy (non-hydrogen) atoms. The van der Waals surface area contributed by atoms with Crippen LogP contribution in [0.15, 0.2) is 35.9 Å². The van der Waals surface area contributed by atoms with Gasteiger partial charge in [-0.25, -0.2) is 9.97 Å². The molecule has 1 aliphatic rings. The first-order chi connectivity index (χ1) is 10.7. The predicted octanol–water partition coefficient (Wildman–Crippen LogP) is 3.05. The molecule has 1 fully saturated rings. The number of carbonyl (C=O) groups is 1. The first kappa shape index (κ1) is 15.2. The fourth-order valence-corrected chi connectivity index (χ4v) is 2.69. The first-order valence-electron chi connectivity index (χ1n) is 6.95. The van der Waals surface area contributed by atoms with Crippen LogP contribution in [0.4, 0.5) is 0 Å². The van der Waals surface area contributed by atoms with Crippen molar-refractivity contribution in [2.75, 3.05) is 6.26 Å². The zero-order valence-electron chi connectivity index (χ0n) is 12.1. The minimum Gasteiger partial charge on any atom is -0.330 e. The van der Waals surface area contributed by atoms with Gasteiger partial charge in [0.15, 0.2) is 10.9 Å². The van der Waals surface area contributed by atoms with Gasteiger partial charge in [0.2, 0.25) is 0 Å². The van der Waals surface area contributed by atoms with E-state index in [1.807, 2.05) is 23.3 Å². The summed E-state index contributed by atoms with van der Waals surface area (Å²) < 4.78 is 0. The van der Waals surface area contributed by atoms with Gasteiger partial charge in [0.1, 0.15) is 0 Å². The molecule has 3 rings (SSSR count). The van der Waals surface area contributed by atoms with E-state index in [1.165, 1.54) is 18.0 Å². The summed E-state index contributed by atoms with van der Waals surface area (Å²) in [5.41, 5.74) is 1.27. The van der Waals surface area contributed by atoms with Gasteiger partial charge in [-0.3, -0.25) is 9.78 Å². The second-order valence-corrected chi connectivity index (χ2v) is 6.26. The Kier molecular flexibility index (Phi) is 4.59. The van der Waals surface area contributed by atoms with Crippen LogP contribution in [0.3, 0.4) is 0 Å². The lowest BCUT2D eigenvalue weighted by molar-refractivity contribution is 0.0723. The highest BCUT2D eigenvalue weighted by Crippen LogP contribution is 2.30. The molecule has 7 heteroatoms. The van der Waals surface area contributed by atoms with Crippen LogP contribution in [0.5, 0.6) is 0 Å². The van der Waals surface area contributed by atoms with Crippen LogP contribution in [0, 0.1) is 0 Å². The van der Waals surface area contributed by atoms with Crippen molar-refractivity contribution in [3.8, 4) is 0 Å². The lowest BCUT2D eigenvalue weighted by Crippen LogP contribution is -2.33. The third kappa shape index (κ3) is 3.39. The lowest BCUT2D eigenvalue weighted by Gasteiger charge is -2.22. The summed E-state index contributed by atoms with van der Waals surface area (Å²) in [5.74, 6) is -0.144. The Morgan fingerprint density at radius 2 is 2.27 bits per heavy atom. The minimum absolute atomic E-state index is 0.144. The summed E-state index contributed by atoms with van der Waals surface area (Å²) >= 11 is 7.51. The van der Waals surface area contributed by atoms with Crippen LogP contribution in [0.2, 0.25) is 5.02 Å². The number of amides is 1. The largest absolute Gasteiger partial charge is 0.330 e. The van der Waals surface area contributed by atoms with Crippen molar-refractivity contribution in [3.05, 3.63) is 47.0 Å². The Balaban J connectivity index is 1.87. The molecule has 0 aromatic carbocycles. The van der Waals surface area contributed by atoms with Crippen molar-refractivity contribution in [2.45, 2.75) is 30.6 Å². The fraction of sp³-hybridized carbons (Fsp3) is 0.333. The van der Waals surface area contributed by atoms with Gasteiger partial charge in [-0.15, -0.1) is 0 Å². The maximum absolute atomic E-state index is 12.8. The highest BCUT2D eigenvalue weighted by Gasteiger charge is 2.34. The summed E-state index contributed by atoms with van der Waals surface area (Å²) in [6.45, 7) is 0.520. The molecule has 2 heterocycles. The molecular formula is C15H15ClN4OS. The average Bonchev–Trinajstić information content (AvgIpc) is 3.38. The van der Waals surface area contributed by atoms with Gasteiger partial charge in [-0.1, -0.05) is 29.4 Å². The van der Waals surface area contributed by atoms with E-state index in [2.05, 4.69) is 15.0 Å². The molecule has 2 aromatic rings. The van der Waals surface area contributed by atoms with Gasteiger partial charge in [-0.05, 0) is 30.7 Å². The first-order valence-corrected chi connectivity index (χ1v) is 8.55. The lowest BCUT2D eigenvalue weighted by atomic mass is 10.2. The standard InChI is InChI=1S/C15H15ClN4OS/c1-22-15-18-8-12(16)13(19-15)14(21)20(11-4-5-11)9-10-3-2-6-17-7-10/h2-3,6-8,11H,4-5,9H2,1H3. The fourth-order valence-electron chi connectivity index (χ4n) is 2.18. The summed E-state index contributed by atoms with van der Waals surface area (Å²) in [6.07, 6.45) is 8.89. The highest BCUT2D eigenvalue weighted by molar-refractivity contribution is 7.98. The van der Waals surface area contributed by atoms with E-state index in [0.29, 0.717) is 16.7 Å². The molecule has 0 saturated heterocycles. The third-order valence-corrected chi connectivity index (χ3v) is 4.27. The Labute approximate surface area is 138 Å². The van der Waals surface area contributed by atoms with E-state index >= 15 is 0 Å². The summed E-state index contributed by atoms with van der Waals surface area (Å²) in [7, 11) is 0. The quantitative estimate of drug-likeness (QED) is 0.621. The smallest absolute Gasteiger partial charge is 0.274 e. The molecular weight excluding hydrogens is 320 g/mol. The summed E-state index contributed by atoms with van der Waals surface area (Å²) in [5, 5.41) is 0.838. The molecule has 0 unspecified atom stereocenters. The van der Waals surface area contributed by atoms with Gasteiger partial charge < -0.3 is 4.90 Å². The van der Waals surface area contributed by atoms with E-state index in [1.54, 1.807) is 12.4 Å². The molecule has 0 atom stereocenters. The Bertz CT molecular complexity index is 678. The maximum Gasteiger partial charge on any atom is 0.274 e. The van der Waals surface area contributed by atoms with Crippen LogP contribution in [-0.2, 0) is 6.54 Å². The molecule has 5 nitrogen and oxygen atoms in total. The molecule has 0 N–H and O–H groups in total. The van der Waals surface area contributed by atoms with Gasteiger partial charge in [-0.2, -0.15) is 0 Å². The number of nitrogens with zero attached hydrogens (tertiary/aromatic N) is 4. The van der Waals surface area contributed by atoms with Crippen molar-refractivity contribution in [1.82, 2.24) is 19.9 Å². The second-order valence-electron chi connectivity index (χ2n) is 5.08. The van der Waals surface area contributed by atoms with Crippen molar-refractivity contribution in [2.24, 2.45) is 0 Å². The molecule has 114 valence electrons. The molecule has 2 aromatic heterocycles. The third-order valence-electron chi connectivity index (χ3n) is 3.43. The van der Waals surface area contributed by atoms with E-state index in [9.17, 15) is 4.79 Å². The molecule has 1 aliphatic carbocycles. The van der Waals surface area contributed by atoms with E-state index in [-0.39, 0.29) is 17.6 Å². The van der Waals surface area contributed by atoms with E-state index in [0.717, 1.165) is 18.4 Å². The topological polar surface area (TPSA) is 59.0 Å². The summed E-state index contributed by atoms with van der Waals surface area (Å²) in [4.78, 5) is 27.1. The Morgan fingerprint density at radius 1 is 1.45 bits per heavy atom. The Morgan fingerprint density at radius 3 is 2.91 bits per heavy atom. The zero-order valence-corrected chi connectivity index (χ0v) is 13.6. The number of carbonyl (C=O) groups excluding carboxylic acids is 1. The maximum atomic E-state index is 12.8. The number of hydrogen-bond acceptors (Lipinski definition) is 5. The van der Waals surface area contributed by atoms with E-state index < -0.39 is 0 Å². The molecule has 0 radical (unpaired) electrons. The number of thioether (sulfide) groups is 1. The van der Waals surface area contributed by atoms with Gasteiger partial charge in [0.05, 0.1) is 11.2 Å². The second kappa shape index (κ2) is 6.62. The molecule has 0 bridgehead atoms. The number of rotatable bonds is 5. The van der Waals surface area contributed by atoms with Crippen molar-refractivity contribution in [3.63, 3.8) is 0 Å². The number of pyridine rings is 1. The van der Waals surface area contributed by atoms with Crippen LogP contribution >= 0.6 is 23.4 Å². The van der Waals surface area contributed by atoms with Gasteiger partial charge >= 0.3 is 0 Å². The van der Waals surface area contributed by atoms with Crippen molar-refractivity contribution >= 4 is 29.3 Å². The van der Waals surface area contributed by atoms with Crippen LogP contribution in [0.1, 0.15) is 28.9 Å². The molecule has 1 amide bonds. The summed E-state index contributed by atoms with van der Waals surface area (Å²) in [6, 6.07) is 4.09. The van der Waals surface area contributed by atoms with E-state index in [4.69, 9.17) is 11.6 Å². The average molecular weight is 335 g/mol. The normalized spacial score (nSPS) is 13.9. The monoisotopic (exact) mass is 334 g/mol. The van der Waals surface area contributed by atoms with Crippen molar-refractivity contribution < 1.29 is 4.79 Å². The predicted molar refractivity (Wildman–Crippen MR) is 86.0 cm³/mol. The Hall–Kier alpha value is -1.66. The number of halogens is 1. The van der Waals surface area contributed by atoms with Crippen molar-refractivity contribution in [1.29, 1.82) is 0 Å². The molecule has 0 spiro atoms. The van der Waals surface area contributed by atoms with Crippen LogP contribution in [0.25, 0.3) is 0 Å². The molecule has 1 saturated carbocycles. The minimum atomic E-state index is -0.144. The zero-order chi connectivity index (χ0) is 15.5. The van der Waals surface area contributed by atoms with Crippen LogP contribution < -0.4 is 0 Å². The number of aromatic nitrogens is 3.